The molecule has 1 amide bonds. The summed E-state index contributed by atoms with van der Waals surface area (Å²) in [5, 5.41) is 13.8. The minimum Gasteiger partial charge on any atom is -0.481 e. The van der Waals surface area contributed by atoms with Crippen LogP contribution in [-0.4, -0.2) is 55.9 Å². The number of nitrogens with two attached hydrogens (primary N) is 1. The van der Waals surface area contributed by atoms with Crippen molar-refractivity contribution in [1.82, 2.24) is 9.62 Å². The van der Waals surface area contributed by atoms with Crippen LogP contribution >= 0.6 is 0 Å². The van der Waals surface area contributed by atoms with Gasteiger partial charge in [-0.1, -0.05) is 42.0 Å². The van der Waals surface area contributed by atoms with Crippen LogP contribution in [0.1, 0.15) is 41.6 Å². The van der Waals surface area contributed by atoms with Gasteiger partial charge in [-0.25, -0.2) is 12.7 Å². The fourth-order valence-corrected chi connectivity index (χ4v) is 6.41. The molecule has 1 aromatic heterocycles. The second kappa shape index (κ2) is 13.7. The molecule has 0 unspecified atom stereocenters. The predicted molar refractivity (Wildman–Crippen MR) is 159 cm³/mol. The maximum absolute atomic E-state index is 14.4. The predicted octanol–water partition coefficient (Wildman–Crippen LogP) is 3.61. The molecule has 0 spiro atoms. The number of unbranched alkanes of at least 4 members (excludes halogenated alkanes) is 1. The van der Waals surface area contributed by atoms with Crippen LogP contribution in [0.5, 0.6) is 0 Å². The van der Waals surface area contributed by atoms with Crippen LogP contribution in [0.25, 0.3) is 21.8 Å². The molecule has 0 saturated carbocycles. The molecule has 0 fully saturated rings. The van der Waals surface area contributed by atoms with Crippen molar-refractivity contribution in [3.63, 3.8) is 0 Å². The topological polar surface area (TPSA) is 134 Å². The number of sulfonamides is 1. The average molecular weight is 578 g/mol. The van der Waals surface area contributed by atoms with Gasteiger partial charge in [0.05, 0.1) is 21.2 Å². The summed E-state index contributed by atoms with van der Waals surface area (Å²) >= 11 is 0. The molecule has 0 radical (unpaired) electrons. The maximum Gasteiger partial charge on any atom is 0.303 e. The number of pyridine rings is 1. The summed E-state index contributed by atoms with van der Waals surface area (Å²) < 4.78 is 30.7. The van der Waals surface area contributed by atoms with Crippen molar-refractivity contribution < 1.29 is 27.7 Å². The number of carboxylic acids is 1. The molecule has 0 aliphatic rings. The lowest BCUT2D eigenvalue weighted by Crippen LogP contribution is -2.40. The second-order valence-electron chi connectivity index (χ2n) is 10.00. The SMILES string of the molecule is Cc1ccc(S(=O)(=O)N(CCCC(=O)O)C(=O)c2c3ccccc3[n+](CCCCNCCN)c3ccccc23)cc1. The number of carbonyl (C=O) groups excluding carboxylic acids is 1. The van der Waals surface area contributed by atoms with Crippen molar-refractivity contribution in [2.75, 3.05) is 26.2 Å². The van der Waals surface area contributed by atoms with E-state index < -0.39 is 21.9 Å². The summed E-state index contributed by atoms with van der Waals surface area (Å²) in [4.78, 5) is 25.6. The lowest BCUT2D eigenvalue weighted by atomic mass is 10.0. The number of carboxylic acid groups (broad SMARTS) is 1. The summed E-state index contributed by atoms with van der Waals surface area (Å²) in [6.07, 6.45) is 1.58. The first kappa shape index (κ1) is 30.1. The number of hydrogen-bond acceptors (Lipinski definition) is 6. The molecular formula is C31H37N4O5S+. The number of aryl methyl sites for hydroxylation is 2. The van der Waals surface area contributed by atoms with Gasteiger partial charge < -0.3 is 16.2 Å². The first-order valence-corrected chi connectivity index (χ1v) is 15.3. The Morgan fingerprint density at radius 2 is 1.49 bits per heavy atom. The number of rotatable bonds is 14. The Balaban J connectivity index is 1.82. The molecule has 4 rings (SSSR count). The summed E-state index contributed by atoms with van der Waals surface area (Å²) in [6.45, 7) is 4.52. The summed E-state index contributed by atoms with van der Waals surface area (Å²) in [6, 6.07) is 21.3. The Morgan fingerprint density at radius 3 is 2.07 bits per heavy atom. The molecule has 216 valence electrons. The zero-order chi connectivity index (χ0) is 29.4. The van der Waals surface area contributed by atoms with E-state index in [0.29, 0.717) is 23.9 Å². The molecule has 10 heteroatoms. The number of para-hydroxylation sites is 2. The van der Waals surface area contributed by atoms with E-state index in [4.69, 9.17) is 5.73 Å². The van der Waals surface area contributed by atoms with Gasteiger partial charge in [-0.15, -0.1) is 0 Å². The Bertz CT molecular complexity index is 1580. The van der Waals surface area contributed by atoms with E-state index in [0.717, 1.165) is 46.8 Å². The zero-order valence-electron chi connectivity index (χ0n) is 23.3. The van der Waals surface area contributed by atoms with Gasteiger partial charge in [-0.05, 0) is 50.6 Å². The second-order valence-corrected chi connectivity index (χ2v) is 11.9. The number of amides is 1. The first-order chi connectivity index (χ1) is 19.8. The summed E-state index contributed by atoms with van der Waals surface area (Å²) in [5.41, 5.74) is 8.37. The van der Waals surface area contributed by atoms with Gasteiger partial charge in [0.2, 0.25) is 11.0 Å². The molecule has 0 aliphatic carbocycles. The third kappa shape index (κ3) is 6.90. The molecule has 1 heterocycles. The Morgan fingerprint density at radius 1 is 0.878 bits per heavy atom. The Kier molecular flexibility index (Phi) is 10.0. The first-order valence-electron chi connectivity index (χ1n) is 13.9. The average Bonchev–Trinajstić information content (AvgIpc) is 2.96. The number of aliphatic carboxylic acids is 1. The smallest absolute Gasteiger partial charge is 0.303 e. The number of nitrogens with one attached hydrogen (secondary N) is 1. The zero-order valence-corrected chi connectivity index (χ0v) is 24.1. The van der Waals surface area contributed by atoms with Crippen molar-refractivity contribution in [2.24, 2.45) is 5.73 Å². The van der Waals surface area contributed by atoms with Crippen LogP contribution in [0.3, 0.4) is 0 Å². The lowest BCUT2D eigenvalue weighted by Gasteiger charge is -2.24. The fourth-order valence-electron chi connectivity index (χ4n) is 5.00. The highest BCUT2D eigenvalue weighted by molar-refractivity contribution is 7.89. The number of aromatic nitrogens is 1. The van der Waals surface area contributed by atoms with Crippen LogP contribution in [0.15, 0.2) is 77.7 Å². The minimum absolute atomic E-state index is 0.00689. The van der Waals surface area contributed by atoms with E-state index in [-0.39, 0.29) is 29.8 Å². The van der Waals surface area contributed by atoms with Crippen LogP contribution in [0, 0.1) is 6.92 Å². The standard InChI is InChI=1S/C31H36N4O5S/c1-23-14-16-24(17-15-23)41(39,40)35(22-8-13-29(36)37)31(38)30-25-9-2-4-11-27(25)34(21-7-6-19-33-20-18-32)28-12-5-3-10-26(28)30/h2-5,9-12,14-17,33H,6-8,13,18-22,32H2,1H3/p+1. The van der Waals surface area contributed by atoms with E-state index in [1.54, 1.807) is 12.1 Å². The normalized spacial score (nSPS) is 11.7. The molecule has 9 nitrogen and oxygen atoms in total. The van der Waals surface area contributed by atoms with Crippen LogP contribution in [0.4, 0.5) is 0 Å². The van der Waals surface area contributed by atoms with Crippen molar-refractivity contribution in [3.8, 4) is 0 Å². The highest BCUT2D eigenvalue weighted by Crippen LogP contribution is 2.29. The number of carbonyl (C=O) groups is 2. The van der Waals surface area contributed by atoms with Crippen molar-refractivity contribution in [3.05, 3.63) is 83.9 Å². The lowest BCUT2D eigenvalue weighted by molar-refractivity contribution is -0.645. The molecule has 0 bridgehead atoms. The molecular weight excluding hydrogens is 540 g/mol. The number of fused-ring (bicyclic) bond motifs is 2. The molecule has 41 heavy (non-hydrogen) atoms. The molecule has 3 aromatic carbocycles. The van der Waals surface area contributed by atoms with E-state index in [9.17, 15) is 23.1 Å². The molecule has 0 atom stereocenters. The Hall–Kier alpha value is -3.86. The van der Waals surface area contributed by atoms with Gasteiger partial charge in [0.15, 0.2) is 0 Å². The van der Waals surface area contributed by atoms with Gasteiger partial charge in [0, 0.05) is 44.6 Å². The van der Waals surface area contributed by atoms with E-state index in [1.807, 2.05) is 55.5 Å². The van der Waals surface area contributed by atoms with Crippen molar-refractivity contribution in [1.29, 1.82) is 0 Å². The number of nitrogens with zero attached hydrogens (tertiary/aromatic N) is 2. The largest absolute Gasteiger partial charge is 0.481 e. The monoisotopic (exact) mass is 577 g/mol. The van der Waals surface area contributed by atoms with Gasteiger partial charge in [-0.2, -0.15) is 4.57 Å². The van der Waals surface area contributed by atoms with Gasteiger partial charge >= 0.3 is 5.97 Å². The van der Waals surface area contributed by atoms with Crippen molar-refractivity contribution in [2.45, 2.75) is 44.0 Å². The van der Waals surface area contributed by atoms with Crippen LogP contribution < -0.4 is 15.6 Å². The van der Waals surface area contributed by atoms with E-state index in [1.165, 1.54) is 12.1 Å². The molecule has 0 aliphatic heterocycles. The number of benzene rings is 3. The fraction of sp³-hybridized carbons (Fsp3) is 0.323. The molecule has 4 aromatic rings. The summed E-state index contributed by atoms with van der Waals surface area (Å²) in [5.74, 6) is -1.73. The van der Waals surface area contributed by atoms with Crippen LogP contribution in [-0.2, 0) is 21.4 Å². The third-order valence-corrected chi connectivity index (χ3v) is 8.83. The third-order valence-electron chi connectivity index (χ3n) is 7.04. The molecule has 0 saturated heterocycles. The quantitative estimate of drug-likeness (QED) is 0.118. The van der Waals surface area contributed by atoms with E-state index >= 15 is 0 Å². The number of hydrogen-bond donors (Lipinski definition) is 3. The minimum atomic E-state index is -4.27. The highest BCUT2D eigenvalue weighted by Gasteiger charge is 2.34. The van der Waals surface area contributed by atoms with Gasteiger partial charge in [-0.3, -0.25) is 9.59 Å². The maximum atomic E-state index is 14.4. The molecule has 4 N–H and O–H groups in total. The highest BCUT2D eigenvalue weighted by atomic mass is 32.2. The van der Waals surface area contributed by atoms with E-state index in [2.05, 4.69) is 9.88 Å². The van der Waals surface area contributed by atoms with Crippen molar-refractivity contribution >= 4 is 43.7 Å². The Labute approximate surface area is 240 Å². The van der Waals surface area contributed by atoms with Gasteiger partial charge in [0.25, 0.3) is 15.9 Å². The van der Waals surface area contributed by atoms with Gasteiger partial charge in [0.1, 0.15) is 6.54 Å². The summed E-state index contributed by atoms with van der Waals surface area (Å²) in [7, 11) is -4.27. The van der Waals surface area contributed by atoms with Crippen LogP contribution in [0.2, 0.25) is 0 Å².